The molecule has 1 aliphatic carbocycles. The summed E-state index contributed by atoms with van der Waals surface area (Å²) in [4.78, 5) is 13.1. The van der Waals surface area contributed by atoms with Crippen LogP contribution >= 0.6 is 0 Å². The molecule has 1 N–H and O–H groups in total. The minimum absolute atomic E-state index is 0.0857. The SMILES string of the molecule is COc1cccc(C(=O)N[C@@H]2CCCc3c2cnn3-c2ccc(C)c(C)c2)c1OC. The van der Waals surface area contributed by atoms with Gasteiger partial charge in [0, 0.05) is 11.3 Å². The van der Waals surface area contributed by atoms with Crippen LogP contribution in [0.3, 0.4) is 0 Å². The van der Waals surface area contributed by atoms with E-state index in [9.17, 15) is 4.79 Å². The van der Waals surface area contributed by atoms with Crippen LogP contribution in [0.1, 0.15) is 51.6 Å². The molecule has 0 spiro atoms. The first-order chi connectivity index (χ1) is 14.5. The number of methoxy groups -OCH3 is 2. The third kappa shape index (κ3) is 3.54. The molecule has 0 aliphatic heterocycles. The third-order valence-electron chi connectivity index (χ3n) is 5.87. The van der Waals surface area contributed by atoms with Gasteiger partial charge in [0.15, 0.2) is 11.5 Å². The fourth-order valence-corrected chi connectivity index (χ4v) is 4.09. The molecular formula is C24H27N3O3. The maximum atomic E-state index is 13.1. The Kier molecular flexibility index (Phi) is 5.48. The molecule has 0 fully saturated rings. The molecule has 0 saturated heterocycles. The Morgan fingerprint density at radius 1 is 1.13 bits per heavy atom. The van der Waals surface area contributed by atoms with Gasteiger partial charge in [-0.05, 0) is 68.5 Å². The lowest BCUT2D eigenvalue weighted by atomic mass is 9.92. The van der Waals surface area contributed by atoms with Gasteiger partial charge in [0.2, 0.25) is 0 Å². The molecule has 2 aromatic carbocycles. The van der Waals surface area contributed by atoms with Crippen molar-refractivity contribution in [2.75, 3.05) is 14.2 Å². The zero-order valence-corrected chi connectivity index (χ0v) is 17.9. The monoisotopic (exact) mass is 405 g/mol. The predicted molar refractivity (Wildman–Crippen MR) is 116 cm³/mol. The van der Waals surface area contributed by atoms with Crippen molar-refractivity contribution in [3.05, 3.63) is 70.5 Å². The number of benzene rings is 2. The van der Waals surface area contributed by atoms with Crippen LogP contribution in [-0.4, -0.2) is 29.9 Å². The summed E-state index contributed by atoms with van der Waals surface area (Å²) < 4.78 is 12.8. The molecule has 0 unspecified atom stereocenters. The number of hydrogen-bond acceptors (Lipinski definition) is 4. The van der Waals surface area contributed by atoms with Gasteiger partial charge < -0.3 is 14.8 Å². The van der Waals surface area contributed by atoms with E-state index in [4.69, 9.17) is 9.47 Å². The van der Waals surface area contributed by atoms with Crippen LogP contribution in [0.2, 0.25) is 0 Å². The second-order valence-electron chi connectivity index (χ2n) is 7.69. The Hall–Kier alpha value is -3.28. The second kappa shape index (κ2) is 8.22. The van der Waals surface area contributed by atoms with Gasteiger partial charge in [0.25, 0.3) is 5.91 Å². The summed E-state index contributed by atoms with van der Waals surface area (Å²) in [6.07, 6.45) is 4.70. The number of carbonyl (C=O) groups is 1. The molecule has 0 bridgehead atoms. The lowest BCUT2D eigenvalue weighted by Crippen LogP contribution is -2.31. The first-order valence-corrected chi connectivity index (χ1v) is 10.2. The minimum Gasteiger partial charge on any atom is -0.493 e. The number of para-hydroxylation sites is 1. The molecule has 156 valence electrons. The molecule has 1 amide bonds. The van der Waals surface area contributed by atoms with E-state index in [1.807, 2.05) is 10.9 Å². The van der Waals surface area contributed by atoms with Crippen molar-refractivity contribution >= 4 is 5.91 Å². The highest BCUT2D eigenvalue weighted by Gasteiger charge is 2.27. The summed E-state index contributed by atoms with van der Waals surface area (Å²) in [7, 11) is 3.11. The maximum Gasteiger partial charge on any atom is 0.255 e. The number of aromatic nitrogens is 2. The standard InChI is InChI=1S/C24H27N3O3/c1-15-11-12-17(13-16(15)2)27-21-9-6-8-20(19(21)14-25-27)26-24(28)18-7-5-10-22(29-3)23(18)30-4/h5,7,10-14,20H,6,8-9H2,1-4H3,(H,26,28)/t20-/m1/s1. The van der Waals surface area contributed by atoms with E-state index in [-0.39, 0.29) is 11.9 Å². The summed E-state index contributed by atoms with van der Waals surface area (Å²) in [5.74, 6) is 0.805. The van der Waals surface area contributed by atoms with Crippen molar-refractivity contribution in [3.8, 4) is 17.2 Å². The molecule has 1 aliphatic rings. The molecule has 0 saturated carbocycles. The number of fused-ring (bicyclic) bond motifs is 1. The number of nitrogens with one attached hydrogen (secondary N) is 1. The molecule has 6 heteroatoms. The van der Waals surface area contributed by atoms with Gasteiger partial charge in [-0.1, -0.05) is 12.1 Å². The normalized spacial score (nSPS) is 15.4. The van der Waals surface area contributed by atoms with Crippen molar-refractivity contribution in [2.45, 2.75) is 39.2 Å². The minimum atomic E-state index is -0.178. The van der Waals surface area contributed by atoms with Gasteiger partial charge in [-0.25, -0.2) is 4.68 Å². The molecule has 1 aromatic heterocycles. The Balaban J connectivity index is 1.63. The van der Waals surface area contributed by atoms with E-state index in [0.717, 1.165) is 36.2 Å². The van der Waals surface area contributed by atoms with E-state index in [1.54, 1.807) is 32.4 Å². The zero-order valence-electron chi connectivity index (χ0n) is 17.9. The fourth-order valence-electron chi connectivity index (χ4n) is 4.09. The van der Waals surface area contributed by atoms with E-state index in [1.165, 1.54) is 11.1 Å². The van der Waals surface area contributed by atoms with Crippen molar-refractivity contribution in [3.63, 3.8) is 0 Å². The Morgan fingerprint density at radius 2 is 1.97 bits per heavy atom. The van der Waals surface area contributed by atoms with E-state index < -0.39 is 0 Å². The van der Waals surface area contributed by atoms with Crippen molar-refractivity contribution in [2.24, 2.45) is 0 Å². The molecule has 1 atom stereocenters. The van der Waals surface area contributed by atoms with Crippen molar-refractivity contribution in [1.29, 1.82) is 0 Å². The van der Waals surface area contributed by atoms with Gasteiger partial charge in [0.1, 0.15) is 0 Å². The van der Waals surface area contributed by atoms with Gasteiger partial charge in [-0.15, -0.1) is 0 Å². The highest BCUT2D eigenvalue weighted by atomic mass is 16.5. The third-order valence-corrected chi connectivity index (χ3v) is 5.87. The zero-order chi connectivity index (χ0) is 21.3. The number of rotatable bonds is 5. The van der Waals surface area contributed by atoms with Gasteiger partial charge in [0.05, 0.1) is 37.7 Å². The van der Waals surface area contributed by atoms with Gasteiger partial charge in [-0.3, -0.25) is 4.79 Å². The first kappa shape index (κ1) is 20.0. The van der Waals surface area contributed by atoms with E-state index in [2.05, 4.69) is 42.5 Å². The lowest BCUT2D eigenvalue weighted by molar-refractivity contribution is 0.0929. The summed E-state index contributed by atoms with van der Waals surface area (Å²) in [5, 5.41) is 7.83. The maximum absolute atomic E-state index is 13.1. The van der Waals surface area contributed by atoms with Crippen molar-refractivity contribution in [1.82, 2.24) is 15.1 Å². The van der Waals surface area contributed by atoms with E-state index >= 15 is 0 Å². The van der Waals surface area contributed by atoms with Crippen LogP contribution in [0.25, 0.3) is 5.69 Å². The number of nitrogens with zero attached hydrogens (tertiary/aromatic N) is 2. The fraction of sp³-hybridized carbons (Fsp3) is 0.333. The molecule has 4 rings (SSSR count). The van der Waals surface area contributed by atoms with Crippen molar-refractivity contribution < 1.29 is 14.3 Å². The second-order valence-corrected chi connectivity index (χ2v) is 7.69. The summed E-state index contributed by atoms with van der Waals surface area (Å²) in [6, 6.07) is 11.6. The van der Waals surface area contributed by atoms with Crippen LogP contribution < -0.4 is 14.8 Å². The quantitative estimate of drug-likeness (QED) is 0.687. The summed E-state index contributed by atoms with van der Waals surface area (Å²) >= 11 is 0. The topological polar surface area (TPSA) is 65.4 Å². The van der Waals surface area contributed by atoms with Crippen LogP contribution in [0.4, 0.5) is 0 Å². The molecule has 30 heavy (non-hydrogen) atoms. The smallest absolute Gasteiger partial charge is 0.255 e. The molecule has 0 radical (unpaired) electrons. The van der Waals surface area contributed by atoms with Crippen LogP contribution in [0, 0.1) is 13.8 Å². The number of hydrogen-bond donors (Lipinski definition) is 1. The largest absolute Gasteiger partial charge is 0.493 e. The van der Waals surface area contributed by atoms with Gasteiger partial charge in [-0.2, -0.15) is 5.10 Å². The highest BCUT2D eigenvalue weighted by molar-refractivity contribution is 5.98. The molecule has 6 nitrogen and oxygen atoms in total. The first-order valence-electron chi connectivity index (χ1n) is 10.2. The van der Waals surface area contributed by atoms with Crippen LogP contribution in [-0.2, 0) is 6.42 Å². The Morgan fingerprint density at radius 3 is 2.70 bits per heavy atom. The molecule has 3 aromatic rings. The Labute approximate surface area is 176 Å². The molecule has 1 heterocycles. The molecular weight excluding hydrogens is 378 g/mol. The Bertz CT molecular complexity index is 1090. The van der Waals surface area contributed by atoms with Gasteiger partial charge >= 0.3 is 0 Å². The number of ether oxygens (including phenoxy) is 2. The summed E-state index contributed by atoms with van der Waals surface area (Å²) in [6.45, 7) is 4.22. The average molecular weight is 405 g/mol. The summed E-state index contributed by atoms with van der Waals surface area (Å²) in [5.41, 5.74) is 6.26. The highest BCUT2D eigenvalue weighted by Crippen LogP contribution is 2.34. The van der Waals surface area contributed by atoms with Crippen LogP contribution in [0.15, 0.2) is 42.6 Å². The lowest BCUT2D eigenvalue weighted by Gasteiger charge is -2.25. The van der Waals surface area contributed by atoms with E-state index in [0.29, 0.717) is 17.1 Å². The number of amides is 1. The average Bonchev–Trinajstić information content (AvgIpc) is 3.20. The number of carbonyl (C=O) groups excluding carboxylic acids is 1. The predicted octanol–water partition coefficient (Wildman–Crippen LogP) is 4.31. The number of aryl methyl sites for hydroxylation is 2. The van der Waals surface area contributed by atoms with Crippen LogP contribution in [0.5, 0.6) is 11.5 Å².